The molecule has 6 nitrogen and oxygen atoms in total. The summed E-state index contributed by atoms with van der Waals surface area (Å²) in [4.78, 5) is 31.4. The van der Waals surface area contributed by atoms with Crippen molar-refractivity contribution in [2.75, 3.05) is 57.4 Å². The Kier molecular flexibility index (Phi) is 5.22. The number of fused-ring (bicyclic) bond motifs is 1. The molecule has 0 unspecified atom stereocenters. The van der Waals surface area contributed by atoms with Gasteiger partial charge in [0.05, 0.1) is 19.8 Å². The molecule has 0 atom stereocenters. The highest BCUT2D eigenvalue weighted by molar-refractivity contribution is 5.96. The lowest BCUT2D eigenvalue weighted by molar-refractivity contribution is -0.141. The first-order valence-corrected chi connectivity index (χ1v) is 9.69. The minimum absolute atomic E-state index is 0.104. The highest BCUT2D eigenvalue weighted by Gasteiger charge is 2.31. The van der Waals surface area contributed by atoms with E-state index in [4.69, 9.17) is 4.74 Å². The highest BCUT2D eigenvalue weighted by Crippen LogP contribution is 2.28. The Morgan fingerprint density at radius 1 is 1.00 bits per heavy atom. The van der Waals surface area contributed by atoms with Gasteiger partial charge in [-0.1, -0.05) is 18.2 Å². The number of ether oxygens (including phenoxy) is 1. The lowest BCUT2D eigenvalue weighted by Gasteiger charge is -2.35. The summed E-state index contributed by atoms with van der Waals surface area (Å²) in [5.41, 5.74) is 2.32. The van der Waals surface area contributed by atoms with Crippen LogP contribution in [0.25, 0.3) is 0 Å². The third kappa shape index (κ3) is 3.62. The Balaban J connectivity index is 1.27. The van der Waals surface area contributed by atoms with Crippen LogP contribution < -0.4 is 4.90 Å². The smallest absolute Gasteiger partial charge is 0.241 e. The van der Waals surface area contributed by atoms with E-state index in [9.17, 15) is 9.59 Å². The maximum absolute atomic E-state index is 12.7. The fraction of sp³-hybridized carbons (Fsp3) is 0.600. The molecule has 1 aromatic carbocycles. The molecule has 6 heteroatoms. The number of anilines is 1. The number of amides is 2. The zero-order valence-corrected chi connectivity index (χ0v) is 15.2. The second kappa shape index (κ2) is 7.76. The first kappa shape index (κ1) is 17.5. The molecule has 0 spiro atoms. The van der Waals surface area contributed by atoms with Gasteiger partial charge in [-0.3, -0.25) is 14.5 Å². The number of hydrogen-bond donors (Lipinski definition) is 0. The molecule has 0 N–H and O–H groups in total. The quantitative estimate of drug-likeness (QED) is 0.814. The zero-order valence-electron chi connectivity index (χ0n) is 15.2. The van der Waals surface area contributed by atoms with Crippen LogP contribution in [-0.2, 0) is 20.7 Å². The molecule has 2 amide bonds. The molecule has 0 aliphatic carbocycles. The number of carbonyl (C=O) groups excluding carboxylic acids is 2. The van der Waals surface area contributed by atoms with Crippen LogP contribution in [-0.4, -0.2) is 74.1 Å². The number of piperidine rings is 1. The van der Waals surface area contributed by atoms with Crippen molar-refractivity contribution in [1.82, 2.24) is 9.80 Å². The van der Waals surface area contributed by atoms with Gasteiger partial charge in [-0.2, -0.15) is 0 Å². The van der Waals surface area contributed by atoms with Crippen molar-refractivity contribution in [3.8, 4) is 0 Å². The van der Waals surface area contributed by atoms with Crippen LogP contribution in [0.5, 0.6) is 0 Å². The molecule has 0 bridgehead atoms. The van der Waals surface area contributed by atoms with Crippen molar-refractivity contribution in [2.45, 2.75) is 19.3 Å². The first-order valence-electron chi connectivity index (χ1n) is 9.69. The van der Waals surface area contributed by atoms with Crippen LogP contribution in [0.15, 0.2) is 24.3 Å². The van der Waals surface area contributed by atoms with E-state index in [1.54, 1.807) is 0 Å². The van der Waals surface area contributed by atoms with Gasteiger partial charge in [-0.05, 0) is 44.0 Å². The normalized spacial score (nSPS) is 21.7. The summed E-state index contributed by atoms with van der Waals surface area (Å²) in [6, 6.07) is 8.16. The fourth-order valence-electron chi connectivity index (χ4n) is 4.25. The van der Waals surface area contributed by atoms with Gasteiger partial charge in [0.1, 0.15) is 0 Å². The van der Waals surface area contributed by atoms with Gasteiger partial charge in [0.2, 0.25) is 11.8 Å². The number of morpholine rings is 1. The molecule has 0 aromatic heterocycles. The van der Waals surface area contributed by atoms with E-state index in [-0.39, 0.29) is 17.7 Å². The van der Waals surface area contributed by atoms with Crippen LogP contribution in [0.4, 0.5) is 5.69 Å². The van der Waals surface area contributed by atoms with E-state index < -0.39 is 0 Å². The fourth-order valence-corrected chi connectivity index (χ4v) is 4.25. The largest absolute Gasteiger partial charge is 0.378 e. The molecular weight excluding hydrogens is 330 g/mol. The lowest BCUT2D eigenvalue weighted by Crippen LogP contribution is -2.48. The minimum atomic E-state index is 0.104. The van der Waals surface area contributed by atoms with Crippen molar-refractivity contribution in [3.05, 3.63) is 29.8 Å². The van der Waals surface area contributed by atoms with Gasteiger partial charge in [-0.25, -0.2) is 0 Å². The highest BCUT2D eigenvalue weighted by atomic mass is 16.5. The first-order chi connectivity index (χ1) is 12.7. The van der Waals surface area contributed by atoms with E-state index in [1.165, 1.54) is 5.56 Å². The topological polar surface area (TPSA) is 53.1 Å². The number of para-hydroxylation sites is 1. The van der Waals surface area contributed by atoms with Crippen LogP contribution >= 0.6 is 0 Å². The summed E-state index contributed by atoms with van der Waals surface area (Å²) >= 11 is 0. The van der Waals surface area contributed by atoms with E-state index in [1.807, 2.05) is 28.0 Å². The molecule has 0 saturated carbocycles. The maximum Gasteiger partial charge on any atom is 0.241 e. The van der Waals surface area contributed by atoms with E-state index in [2.05, 4.69) is 11.0 Å². The predicted octanol–water partition coefficient (Wildman–Crippen LogP) is 1.15. The Bertz CT molecular complexity index is 664. The number of likely N-dealkylation sites (tertiary alicyclic amines) is 1. The Morgan fingerprint density at radius 2 is 1.73 bits per heavy atom. The number of hydrogen-bond acceptors (Lipinski definition) is 4. The summed E-state index contributed by atoms with van der Waals surface area (Å²) in [5, 5.41) is 0. The molecule has 3 heterocycles. The number of carbonyl (C=O) groups is 2. The van der Waals surface area contributed by atoms with E-state index in [0.717, 1.165) is 44.6 Å². The molecule has 140 valence electrons. The van der Waals surface area contributed by atoms with E-state index >= 15 is 0 Å². The molecule has 26 heavy (non-hydrogen) atoms. The molecule has 1 aromatic rings. The van der Waals surface area contributed by atoms with Crippen molar-refractivity contribution in [1.29, 1.82) is 0 Å². The average molecular weight is 357 g/mol. The molecular formula is C20H27N3O3. The summed E-state index contributed by atoms with van der Waals surface area (Å²) in [6.07, 6.45) is 2.64. The van der Waals surface area contributed by atoms with Crippen molar-refractivity contribution >= 4 is 17.5 Å². The second-order valence-corrected chi connectivity index (χ2v) is 7.41. The molecule has 2 saturated heterocycles. The van der Waals surface area contributed by atoms with Gasteiger partial charge < -0.3 is 14.5 Å². The molecule has 4 rings (SSSR count). The summed E-state index contributed by atoms with van der Waals surface area (Å²) in [7, 11) is 0. The third-order valence-corrected chi connectivity index (χ3v) is 5.81. The Morgan fingerprint density at radius 3 is 2.50 bits per heavy atom. The monoisotopic (exact) mass is 357 g/mol. The average Bonchev–Trinajstić information content (AvgIpc) is 3.13. The second-order valence-electron chi connectivity index (χ2n) is 7.41. The molecule has 3 aliphatic rings. The van der Waals surface area contributed by atoms with Crippen molar-refractivity contribution in [3.63, 3.8) is 0 Å². The third-order valence-electron chi connectivity index (χ3n) is 5.81. The minimum Gasteiger partial charge on any atom is -0.378 e. The Labute approximate surface area is 154 Å². The summed E-state index contributed by atoms with van der Waals surface area (Å²) in [5.74, 6) is 0.549. The van der Waals surface area contributed by atoms with Gasteiger partial charge in [-0.15, -0.1) is 0 Å². The van der Waals surface area contributed by atoms with E-state index in [0.29, 0.717) is 32.8 Å². The molecule has 2 fully saturated rings. The van der Waals surface area contributed by atoms with Gasteiger partial charge >= 0.3 is 0 Å². The number of benzene rings is 1. The lowest BCUT2D eigenvalue weighted by atomic mass is 9.95. The summed E-state index contributed by atoms with van der Waals surface area (Å²) < 4.78 is 5.33. The predicted molar refractivity (Wildman–Crippen MR) is 99.1 cm³/mol. The van der Waals surface area contributed by atoms with Crippen molar-refractivity contribution in [2.24, 2.45) is 5.92 Å². The maximum atomic E-state index is 12.7. The van der Waals surface area contributed by atoms with Crippen LogP contribution in [0.3, 0.4) is 0 Å². The van der Waals surface area contributed by atoms with Crippen LogP contribution in [0.2, 0.25) is 0 Å². The van der Waals surface area contributed by atoms with Gasteiger partial charge in [0.15, 0.2) is 0 Å². The van der Waals surface area contributed by atoms with Gasteiger partial charge in [0.25, 0.3) is 0 Å². The number of rotatable bonds is 3. The van der Waals surface area contributed by atoms with Crippen LogP contribution in [0, 0.1) is 5.92 Å². The molecule has 3 aliphatic heterocycles. The SMILES string of the molecule is O=C(C1CCN(CC(=O)N2CCc3ccccc32)CC1)N1CCOCC1. The van der Waals surface area contributed by atoms with Crippen LogP contribution in [0.1, 0.15) is 18.4 Å². The Hall–Kier alpha value is -1.92. The standard InChI is InChI=1S/C20H27N3O3/c24-19(23-10-7-16-3-1-2-4-18(16)23)15-21-8-5-17(6-9-21)20(25)22-11-13-26-14-12-22/h1-4,17H,5-15H2. The van der Waals surface area contributed by atoms with Gasteiger partial charge in [0, 0.05) is 31.2 Å². The molecule has 0 radical (unpaired) electrons. The number of nitrogens with zero attached hydrogens (tertiary/aromatic N) is 3. The summed E-state index contributed by atoms with van der Waals surface area (Å²) in [6.45, 7) is 5.60. The zero-order chi connectivity index (χ0) is 17.9. The van der Waals surface area contributed by atoms with Crippen molar-refractivity contribution < 1.29 is 14.3 Å².